The number of alkyl halides is 2. The molecule has 68 valence electrons. The first-order valence-electron chi connectivity index (χ1n) is 3.45. The van der Waals surface area contributed by atoms with E-state index in [2.05, 4.69) is 60.1 Å². The summed E-state index contributed by atoms with van der Waals surface area (Å²) < 4.78 is 0. The summed E-state index contributed by atoms with van der Waals surface area (Å²) in [6.07, 6.45) is 2.75. The van der Waals surface area contributed by atoms with Crippen LogP contribution in [0.1, 0.15) is 12.8 Å². The van der Waals surface area contributed by atoms with Gasteiger partial charge in [-0.1, -0.05) is 0 Å². The molecule has 0 nitrogen and oxygen atoms in total. The molecule has 2 atom stereocenters. The Balaban J connectivity index is 2.64. The Bertz CT molecular complexity index is 125. The third-order valence-corrected chi connectivity index (χ3v) is 21.9. The molecule has 1 aliphatic rings. The van der Waals surface area contributed by atoms with Crippen molar-refractivity contribution in [3.63, 3.8) is 0 Å². The van der Waals surface area contributed by atoms with E-state index in [9.17, 15) is 0 Å². The second kappa shape index (κ2) is 4.79. The molecule has 0 aliphatic carbocycles. The fraction of sp³-hybridized carbons (Fsp3) is 1.00. The van der Waals surface area contributed by atoms with E-state index in [-0.39, 0.29) is 0 Å². The van der Waals surface area contributed by atoms with E-state index in [1.165, 1.54) is 12.8 Å². The Kier molecular flexibility index (Phi) is 5.01. The third-order valence-electron chi connectivity index (χ3n) is 2.04. The summed E-state index contributed by atoms with van der Waals surface area (Å²) in [6.45, 7) is 0. The van der Waals surface area contributed by atoms with Gasteiger partial charge in [-0.2, -0.15) is 0 Å². The van der Waals surface area contributed by atoms with Crippen LogP contribution < -0.4 is 0 Å². The van der Waals surface area contributed by atoms with Crippen molar-refractivity contribution in [1.29, 1.82) is 0 Å². The summed E-state index contributed by atoms with van der Waals surface area (Å²) in [7, 11) is -1.45. The Morgan fingerprint density at radius 2 is 1.36 bits per heavy atom. The number of hydrogen-bond acceptors (Lipinski definition) is 0. The first-order valence-corrected chi connectivity index (χ1v) is 15.7. The third kappa shape index (κ3) is 2.47. The van der Waals surface area contributed by atoms with Gasteiger partial charge in [0.15, 0.2) is 0 Å². The second-order valence-corrected chi connectivity index (χ2v) is 24.7. The summed E-state index contributed by atoms with van der Waals surface area (Å²) >= 11 is 15.0. The average Bonchev–Trinajstić information content (AvgIpc) is 2.24. The molecule has 5 heteroatoms. The van der Waals surface area contributed by atoms with Crippen molar-refractivity contribution in [2.24, 2.45) is 0 Å². The van der Waals surface area contributed by atoms with E-state index in [1.54, 1.807) is 0 Å². The molecular formula is C6H10Br4Se. The van der Waals surface area contributed by atoms with Crippen molar-refractivity contribution in [2.75, 3.05) is 10.7 Å². The minimum atomic E-state index is -1.45. The van der Waals surface area contributed by atoms with Gasteiger partial charge in [-0.15, -0.1) is 0 Å². The molecule has 0 amide bonds. The zero-order valence-electron chi connectivity index (χ0n) is 5.90. The van der Waals surface area contributed by atoms with Crippen LogP contribution in [0.3, 0.4) is 0 Å². The predicted molar refractivity (Wildman–Crippen MR) is 67.9 cm³/mol. The Hall–Kier alpha value is 2.44. The van der Waals surface area contributed by atoms with Crippen molar-refractivity contribution in [3.05, 3.63) is 0 Å². The molecule has 0 aromatic heterocycles. The van der Waals surface area contributed by atoms with Gasteiger partial charge in [-0.3, -0.25) is 0 Å². The monoisotopic (exact) mass is 478 g/mol. The molecule has 1 heterocycles. The molecule has 0 radical (unpaired) electrons. The summed E-state index contributed by atoms with van der Waals surface area (Å²) in [5.74, 6) is 0. The molecule has 11 heavy (non-hydrogen) atoms. The van der Waals surface area contributed by atoms with Crippen molar-refractivity contribution in [2.45, 2.75) is 22.5 Å². The van der Waals surface area contributed by atoms with Gasteiger partial charge in [0, 0.05) is 0 Å². The van der Waals surface area contributed by atoms with Crippen LogP contribution >= 0.6 is 60.1 Å². The molecule has 0 aromatic carbocycles. The quantitative estimate of drug-likeness (QED) is 0.402. The average molecular weight is 481 g/mol. The van der Waals surface area contributed by atoms with Crippen molar-refractivity contribution in [3.8, 4) is 0 Å². The fourth-order valence-electron chi connectivity index (χ4n) is 1.28. The van der Waals surface area contributed by atoms with E-state index >= 15 is 0 Å². The van der Waals surface area contributed by atoms with Gasteiger partial charge in [0.25, 0.3) is 0 Å². The van der Waals surface area contributed by atoms with Gasteiger partial charge in [-0.25, -0.2) is 0 Å². The zero-order chi connectivity index (χ0) is 8.48. The van der Waals surface area contributed by atoms with Crippen molar-refractivity contribution in [1.82, 2.24) is 0 Å². The molecule has 2 unspecified atom stereocenters. The Morgan fingerprint density at radius 1 is 1.00 bits per heavy atom. The molecule has 0 aromatic rings. The van der Waals surface area contributed by atoms with Gasteiger partial charge >= 0.3 is 102 Å². The maximum absolute atomic E-state index is 3.91. The van der Waals surface area contributed by atoms with E-state index in [1.807, 2.05) is 0 Å². The maximum atomic E-state index is 3.91. The van der Waals surface area contributed by atoms with Crippen molar-refractivity contribution >= 4 is 69.3 Å². The summed E-state index contributed by atoms with van der Waals surface area (Å²) in [6, 6.07) is 0. The molecule has 1 saturated heterocycles. The van der Waals surface area contributed by atoms with Gasteiger partial charge < -0.3 is 0 Å². The van der Waals surface area contributed by atoms with Crippen LogP contribution in [0.15, 0.2) is 0 Å². The molecule has 0 saturated carbocycles. The van der Waals surface area contributed by atoms with Crippen LogP contribution in [-0.4, -0.2) is 19.9 Å². The Labute approximate surface area is 101 Å². The van der Waals surface area contributed by atoms with Crippen LogP contribution in [-0.2, 0) is 0 Å². The summed E-state index contributed by atoms with van der Waals surface area (Å²) in [5, 5.41) is 2.29. The van der Waals surface area contributed by atoms with Crippen molar-refractivity contribution < 1.29 is 0 Å². The number of hydrogen-bond donors (Lipinski definition) is 0. The number of halogens is 4. The normalized spacial score (nSPS) is 38.9. The van der Waals surface area contributed by atoms with Gasteiger partial charge in [-0.05, 0) is 0 Å². The minimum absolute atomic E-state index is 0.869. The first-order chi connectivity index (χ1) is 5.12. The molecule has 1 fully saturated rings. The topological polar surface area (TPSA) is 0 Å². The van der Waals surface area contributed by atoms with Crippen LogP contribution in [0.5, 0.6) is 0 Å². The van der Waals surface area contributed by atoms with Gasteiger partial charge in [0.2, 0.25) is 0 Å². The Morgan fingerprint density at radius 3 is 1.55 bits per heavy atom. The van der Waals surface area contributed by atoms with Crippen LogP contribution in [0.25, 0.3) is 0 Å². The zero-order valence-corrected chi connectivity index (χ0v) is 14.0. The molecule has 0 N–H and O–H groups in total. The van der Waals surface area contributed by atoms with Crippen LogP contribution in [0.4, 0.5) is 0 Å². The molecule has 0 bridgehead atoms. The second-order valence-electron chi connectivity index (χ2n) is 2.68. The molecule has 1 rings (SSSR count). The van der Waals surface area contributed by atoms with Gasteiger partial charge in [0.05, 0.1) is 0 Å². The van der Waals surface area contributed by atoms with E-state index in [0.29, 0.717) is 0 Å². The number of rotatable bonds is 2. The van der Waals surface area contributed by atoms with E-state index < -0.39 is 9.23 Å². The molecular weight excluding hydrogens is 471 g/mol. The van der Waals surface area contributed by atoms with Gasteiger partial charge in [0.1, 0.15) is 0 Å². The summed E-state index contributed by atoms with van der Waals surface area (Å²) in [4.78, 5) is 1.74. The van der Waals surface area contributed by atoms with E-state index in [4.69, 9.17) is 0 Å². The molecule has 0 spiro atoms. The SMILES string of the molecule is BrCC1CCC(CBr)[Se]1(Br)Br. The van der Waals surface area contributed by atoms with Crippen LogP contribution in [0, 0.1) is 0 Å². The first kappa shape index (κ1) is 11.5. The van der Waals surface area contributed by atoms with E-state index in [0.717, 1.165) is 20.3 Å². The summed E-state index contributed by atoms with van der Waals surface area (Å²) in [5.41, 5.74) is 0. The molecule has 1 aliphatic heterocycles. The van der Waals surface area contributed by atoms with Crippen LogP contribution in [0.2, 0.25) is 9.63 Å². The predicted octanol–water partition coefficient (Wildman–Crippen LogP) is 4.54. The standard InChI is InChI=1S/C6H10Br4Se/c7-3-5-1-2-6(4-8)11(5,9)10/h5-6H,1-4H2. The fourth-order valence-corrected chi connectivity index (χ4v) is 24.0.